The van der Waals surface area contributed by atoms with Crippen molar-refractivity contribution < 1.29 is 32.2 Å². The number of hydrogen-bond acceptors (Lipinski definition) is 7. The number of benzene rings is 2. The van der Waals surface area contributed by atoms with Gasteiger partial charge in [0.1, 0.15) is 5.75 Å². The Kier molecular flexibility index (Phi) is 8.20. The van der Waals surface area contributed by atoms with Crippen LogP contribution in [0.2, 0.25) is 0 Å². The van der Waals surface area contributed by atoms with Crippen molar-refractivity contribution in [1.82, 2.24) is 4.31 Å². The van der Waals surface area contributed by atoms with Crippen molar-refractivity contribution >= 4 is 16.0 Å². The molecular formula is C24H31NO7S. The molecule has 0 amide bonds. The molecule has 0 aromatic heterocycles. The highest BCUT2D eigenvalue weighted by molar-refractivity contribution is 7.89. The van der Waals surface area contributed by atoms with Gasteiger partial charge in [0.15, 0.2) is 11.5 Å². The van der Waals surface area contributed by atoms with Crippen molar-refractivity contribution in [2.75, 3.05) is 33.5 Å². The van der Waals surface area contributed by atoms with Crippen molar-refractivity contribution in [3.8, 4) is 17.2 Å². The summed E-state index contributed by atoms with van der Waals surface area (Å²) in [5.41, 5.74) is 1.64. The fraction of sp³-hybridized carbons (Fsp3) is 0.458. The number of esters is 1. The molecule has 0 spiro atoms. The second kappa shape index (κ2) is 10.9. The first-order chi connectivity index (χ1) is 15.8. The minimum atomic E-state index is -3.89. The molecule has 1 unspecified atom stereocenters. The Morgan fingerprint density at radius 3 is 2.15 bits per heavy atom. The average Bonchev–Trinajstić information content (AvgIpc) is 2.80. The van der Waals surface area contributed by atoms with E-state index in [9.17, 15) is 13.2 Å². The van der Waals surface area contributed by atoms with Crippen molar-refractivity contribution in [3.63, 3.8) is 0 Å². The Morgan fingerprint density at radius 2 is 1.58 bits per heavy atom. The summed E-state index contributed by atoms with van der Waals surface area (Å²) in [4.78, 5) is 12.4. The predicted octanol–water partition coefficient (Wildman–Crippen LogP) is 3.73. The van der Waals surface area contributed by atoms with Crippen molar-refractivity contribution in [2.45, 2.75) is 44.6 Å². The fourth-order valence-corrected chi connectivity index (χ4v) is 5.58. The number of carbonyl (C=O) groups is 1. The van der Waals surface area contributed by atoms with Crippen LogP contribution in [0.1, 0.15) is 44.4 Å². The second-order valence-electron chi connectivity index (χ2n) is 7.43. The molecule has 8 nitrogen and oxygen atoms in total. The first-order valence-electron chi connectivity index (χ1n) is 11.1. The monoisotopic (exact) mass is 477 g/mol. The molecule has 0 aliphatic carbocycles. The maximum absolute atomic E-state index is 13.6. The molecule has 2 aromatic carbocycles. The SMILES string of the molecule is CCOc1ccc(S(=O)(=O)N2CCc3cc(OCC)c(OCC)cc3C2CC(=O)OC)cc1. The molecule has 0 bridgehead atoms. The summed E-state index contributed by atoms with van der Waals surface area (Å²) in [6.45, 7) is 7.23. The Morgan fingerprint density at radius 1 is 0.970 bits per heavy atom. The highest BCUT2D eigenvalue weighted by Gasteiger charge is 2.38. The molecule has 33 heavy (non-hydrogen) atoms. The smallest absolute Gasteiger partial charge is 0.307 e. The van der Waals surface area contributed by atoms with Gasteiger partial charge in [-0.15, -0.1) is 0 Å². The van der Waals surface area contributed by atoms with Crippen LogP contribution in [0.3, 0.4) is 0 Å². The molecule has 0 N–H and O–H groups in total. The van der Waals surface area contributed by atoms with E-state index in [4.69, 9.17) is 18.9 Å². The van der Waals surface area contributed by atoms with Crippen LogP contribution in [0.15, 0.2) is 41.3 Å². The number of ether oxygens (including phenoxy) is 4. The van der Waals surface area contributed by atoms with E-state index in [-0.39, 0.29) is 17.9 Å². The van der Waals surface area contributed by atoms with Gasteiger partial charge in [0.05, 0.1) is 44.3 Å². The number of sulfonamides is 1. The van der Waals surface area contributed by atoms with E-state index in [1.807, 2.05) is 26.8 Å². The zero-order valence-corrected chi connectivity index (χ0v) is 20.3. The number of fused-ring (bicyclic) bond motifs is 1. The number of methoxy groups -OCH3 is 1. The van der Waals surface area contributed by atoms with Crippen LogP contribution in [-0.4, -0.2) is 52.2 Å². The summed E-state index contributed by atoms with van der Waals surface area (Å²) in [6.07, 6.45) is 0.370. The molecule has 3 rings (SSSR count). The number of hydrogen-bond donors (Lipinski definition) is 0. The van der Waals surface area contributed by atoms with Crippen molar-refractivity contribution in [3.05, 3.63) is 47.5 Å². The predicted molar refractivity (Wildman–Crippen MR) is 123 cm³/mol. The molecule has 1 heterocycles. The third-order valence-electron chi connectivity index (χ3n) is 5.44. The van der Waals surface area contributed by atoms with Crippen LogP contribution in [0.4, 0.5) is 0 Å². The third kappa shape index (κ3) is 5.42. The van der Waals surface area contributed by atoms with E-state index in [0.717, 1.165) is 5.56 Å². The molecule has 0 fully saturated rings. The lowest BCUT2D eigenvalue weighted by molar-refractivity contribution is -0.141. The Bertz CT molecular complexity index is 1070. The van der Waals surface area contributed by atoms with E-state index in [1.165, 1.54) is 23.5 Å². The fourth-order valence-electron chi connectivity index (χ4n) is 3.97. The molecule has 0 radical (unpaired) electrons. The summed E-state index contributed by atoms with van der Waals surface area (Å²) in [6, 6.07) is 9.25. The lowest BCUT2D eigenvalue weighted by Crippen LogP contribution is -2.41. The molecule has 9 heteroatoms. The summed E-state index contributed by atoms with van der Waals surface area (Å²) in [5.74, 6) is 1.23. The number of carbonyl (C=O) groups excluding carboxylic acids is 1. The largest absolute Gasteiger partial charge is 0.494 e. The van der Waals surface area contributed by atoms with Gasteiger partial charge < -0.3 is 18.9 Å². The van der Waals surface area contributed by atoms with Crippen LogP contribution in [0.5, 0.6) is 17.2 Å². The van der Waals surface area contributed by atoms with E-state index < -0.39 is 22.0 Å². The standard InChI is InChI=1S/C24H31NO7S/c1-5-30-18-8-10-19(11-9-18)33(27,28)25-13-12-17-14-22(31-6-2)23(32-7-3)15-20(17)21(25)16-24(26)29-4/h8-11,14-15,21H,5-7,12-13,16H2,1-4H3. The Labute approximate surface area is 195 Å². The summed E-state index contributed by atoms with van der Waals surface area (Å²) in [7, 11) is -2.59. The lowest BCUT2D eigenvalue weighted by atomic mass is 9.91. The topological polar surface area (TPSA) is 91.4 Å². The molecule has 180 valence electrons. The maximum Gasteiger partial charge on any atom is 0.307 e. The van der Waals surface area contributed by atoms with Gasteiger partial charge in [-0.25, -0.2) is 8.42 Å². The summed E-state index contributed by atoms with van der Waals surface area (Å²) < 4.78 is 50.4. The Balaban J connectivity index is 2.06. The highest BCUT2D eigenvalue weighted by atomic mass is 32.2. The molecule has 0 saturated carbocycles. The van der Waals surface area contributed by atoms with E-state index >= 15 is 0 Å². The summed E-state index contributed by atoms with van der Waals surface area (Å²) in [5, 5.41) is 0. The normalized spacial score (nSPS) is 16.1. The molecule has 1 atom stereocenters. The Hall–Kier alpha value is -2.78. The van der Waals surface area contributed by atoms with E-state index in [0.29, 0.717) is 49.1 Å². The molecule has 2 aromatic rings. The van der Waals surface area contributed by atoms with Crippen LogP contribution in [0.25, 0.3) is 0 Å². The number of nitrogens with zero attached hydrogens (tertiary/aromatic N) is 1. The van der Waals surface area contributed by atoms with E-state index in [1.54, 1.807) is 18.2 Å². The number of rotatable bonds is 10. The van der Waals surface area contributed by atoms with Gasteiger partial charge in [-0.3, -0.25) is 4.79 Å². The third-order valence-corrected chi connectivity index (χ3v) is 7.36. The van der Waals surface area contributed by atoms with Crippen LogP contribution < -0.4 is 14.2 Å². The van der Waals surface area contributed by atoms with Gasteiger partial charge in [0.25, 0.3) is 0 Å². The van der Waals surface area contributed by atoms with Gasteiger partial charge >= 0.3 is 5.97 Å². The molecule has 1 aliphatic heterocycles. The molecular weight excluding hydrogens is 446 g/mol. The first kappa shape index (κ1) is 24.9. The highest BCUT2D eigenvalue weighted by Crippen LogP contribution is 2.42. The van der Waals surface area contributed by atoms with E-state index in [2.05, 4.69) is 0 Å². The lowest BCUT2D eigenvalue weighted by Gasteiger charge is -2.36. The maximum atomic E-state index is 13.6. The zero-order chi connectivity index (χ0) is 24.0. The van der Waals surface area contributed by atoms with Gasteiger partial charge in [0, 0.05) is 6.54 Å². The minimum Gasteiger partial charge on any atom is -0.494 e. The van der Waals surface area contributed by atoms with Crippen LogP contribution >= 0.6 is 0 Å². The van der Waals surface area contributed by atoms with Crippen molar-refractivity contribution in [1.29, 1.82) is 0 Å². The second-order valence-corrected chi connectivity index (χ2v) is 9.32. The van der Waals surface area contributed by atoms with Gasteiger partial charge in [0.2, 0.25) is 10.0 Å². The quantitative estimate of drug-likeness (QED) is 0.482. The van der Waals surface area contributed by atoms with Crippen LogP contribution in [-0.2, 0) is 26.0 Å². The minimum absolute atomic E-state index is 0.112. The molecule has 0 saturated heterocycles. The average molecular weight is 478 g/mol. The van der Waals surface area contributed by atoms with Crippen molar-refractivity contribution in [2.24, 2.45) is 0 Å². The van der Waals surface area contributed by atoms with Crippen LogP contribution in [0, 0.1) is 0 Å². The van der Waals surface area contributed by atoms with Gasteiger partial charge in [-0.2, -0.15) is 4.31 Å². The molecule has 1 aliphatic rings. The van der Waals surface area contributed by atoms with Gasteiger partial charge in [-0.1, -0.05) is 0 Å². The zero-order valence-electron chi connectivity index (χ0n) is 19.5. The van der Waals surface area contributed by atoms with Gasteiger partial charge in [-0.05, 0) is 74.7 Å². The first-order valence-corrected chi connectivity index (χ1v) is 12.5. The summed E-state index contributed by atoms with van der Waals surface area (Å²) >= 11 is 0.